The fraction of sp³-hybridized carbons (Fsp3) is 0.364. The first-order valence-electron chi connectivity index (χ1n) is 14.9. The number of hydrogen-bond acceptors (Lipinski definition) is 5. The summed E-state index contributed by atoms with van der Waals surface area (Å²) in [7, 11) is -4.00. The molecule has 1 aliphatic carbocycles. The van der Waals surface area contributed by atoms with E-state index in [-0.39, 0.29) is 60.7 Å². The molecule has 1 N–H and O–H groups in total. The molecular formula is C33H35Cl2N3O5S. The van der Waals surface area contributed by atoms with Crippen LogP contribution in [0.5, 0.6) is 0 Å². The molecule has 0 aromatic heterocycles. The SMILES string of the molecule is O=C(NC1CCCCC1)[C@H](Cc1ccccc1)N(Cc1c(Cl)cccc1Cl)C(=O)CCCN1C(=O)c2ccccc2S1(=O)=O. The number of sulfonamides is 1. The average molecular weight is 657 g/mol. The highest BCUT2D eigenvalue weighted by Crippen LogP contribution is 2.31. The van der Waals surface area contributed by atoms with E-state index >= 15 is 0 Å². The van der Waals surface area contributed by atoms with Gasteiger partial charge in [0.2, 0.25) is 11.8 Å². The van der Waals surface area contributed by atoms with Crippen molar-refractivity contribution < 1.29 is 22.8 Å². The normalized spacial score (nSPS) is 16.8. The van der Waals surface area contributed by atoms with Crippen molar-refractivity contribution in [2.45, 2.75) is 74.9 Å². The minimum Gasteiger partial charge on any atom is -0.352 e. The Hall–Kier alpha value is -3.40. The van der Waals surface area contributed by atoms with Crippen molar-refractivity contribution in [2.75, 3.05) is 6.54 Å². The first-order chi connectivity index (χ1) is 21.2. The number of hydrogen-bond donors (Lipinski definition) is 1. The van der Waals surface area contributed by atoms with Gasteiger partial charge in [-0.3, -0.25) is 14.4 Å². The van der Waals surface area contributed by atoms with Gasteiger partial charge in [0.25, 0.3) is 15.9 Å². The molecular weight excluding hydrogens is 621 g/mol. The van der Waals surface area contributed by atoms with Crippen LogP contribution in [0.25, 0.3) is 0 Å². The number of carbonyl (C=O) groups is 3. The van der Waals surface area contributed by atoms with Crippen LogP contribution in [0.3, 0.4) is 0 Å². The van der Waals surface area contributed by atoms with Crippen LogP contribution >= 0.6 is 23.2 Å². The van der Waals surface area contributed by atoms with Crippen LogP contribution in [-0.2, 0) is 32.6 Å². The van der Waals surface area contributed by atoms with Crippen LogP contribution in [-0.4, -0.2) is 54.0 Å². The summed E-state index contributed by atoms with van der Waals surface area (Å²) < 4.78 is 26.9. The van der Waals surface area contributed by atoms with Gasteiger partial charge in [-0.2, -0.15) is 0 Å². The lowest BCUT2D eigenvalue weighted by molar-refractivity contribution is -0.141. The minimum atomic E-state index is -4.00. The fourth-order valence-electron chi connectivity index (χ4n) is 5.92. The van der Waals surface area contributed by atoms with E-state index in [4.69, 9.17) is 23.2 Å². The van der Waals surface area contributed by atoms with Gasteiger partial charge in [0.05, 0.1) is 5.56 Å². The topological polar surface area (TPSA) is 104 Å². The van der Waals surface area contributed by atoms with Crippen molar-refractivity contribution in [1.82, 2.24) is 14.5 Å². The number of halogens is 2. The molecule has 44 heavy (non-hydrogen) atoms. The molecule has 5 rings (SSSR count). The Morgan fingerprint density at radius 3 is 2.25 bits per heavy atom. The first-order valence-corrected chi connectivity index (χ1v) is 17.1. The maximum atomic E-state index is 14.0. The third kappa shape index (κ3) is 7.11. The van der Waals surface area contributed by atoms with Crippen LogP contribution in [0.4, 0.5) is 0 Å². The largest absolute Gasteiger partial charge is 0.352 e. The van der Waals surface area contributed by atoms with Crippen molar-refractivity contribution in [3.8, 4) is 0 Å². The molecule has 0 saturated heterocycles. The molecule has 1 saturated carbocycles. The Bertz CT molecular complexity index is 1610. The number of nitrogens with one attached hydrogen (secondary N) is 1. The molecule has 1 fully saturated rings. The minimum absolute atomic E-state index is 0.0146. The van der Waals surface area contributed by atoms with Gasteiger partial charge < -0.3 is 10.2 Å². The Balaban J connectivity index is 1.40. The molecule has 8 nitrogen and oxygen atoms in total. The van der Waals surface area contributed by atoms with Gasteiger partial charge in [-0.05, 0) is 49.1 Å². The molecule has 232 valence electrons. The lowest BCUT2D eigenvalue weighted by Crippen LogP contribution is -2.53. The van der Waals surface area contributed by atoms with Crippen LogP contribution in [0.15, 0.2) is 77.7 Å². The maximum absolute atomic E-state index is 14.0. The van der Waals surface area contributed by atoms with Gasteiger partial charge in [0.1, 0.15) is 10.9 Å². The first kappa shape index (κ1) is 32.0. The zero-order chi connectivity index (χ0) is 31.3. The predicted molar refractivity (Wildman–Crippen MR) is 170 cm³/mol. The Morgan fingerprint density at radius 1 is 0.909 bits per heavy atom. The summed E-state index contributed by atoms with van der Waals surface area (Å²) in [5.74, 6) is -1.24. The highest BCUT2D eigenvalue weighted by molar-refractivity contribution is 7.90. The highest BCUT2D eigenvalue weighted by atomic mass is 35.5. The zero-order valence-electron chi connectivity index (χ0n) is 24.3. The van der Waals surface area contributed by atoms with Crippen LogP contribution in [0.2, 0.25) is 10.0 Å². The molecule has 11 heteroatoms. The second-order valence-electron chi connectivity index (χ2n) is 11.3. The van der Waals surface area contributed by atoms with E-state index in [1.165, 1.54) is 17.0 Å². The fourth-order valence-corrected chi connectivity index (χ4v) is 8.05. The molecule has 1 atom stereocenters. The van der Waals surface area contributed by atoms with E-state index in [0.717, 1.165) is 42.0 Å². The predicted octanol–water partition coefficient (Wildman–Crippen LogP) is 6.01. The summed E-state index contributed by atoms with van der Waals surface area (Å²) in [4.78, 5) is 42.4. The second kappa shape index (κ2) is 14.1. The van der Waals surface area contributed by atoms with Gasteiger partial charge in [0.15, 0.2) is 0 Å². The molecule has 3 aromatic carbocycles. The molecule has 1 heterocycles. The Labute approximate surface area is 268 Å². The van der Waals surface area contributed by atoms with Crippen LogP contribution in [0, 0.1) is 0 Å². The Kier molecular flexibility index (Phi) is 10.3. The standard InChI is InChI=1S/C33H35Cl2N3O5S/c34-27-16-9-17-28(35)26(27)22-37(29(21-23-11-3-1-4-12-23)32(40)36-24-13-5-2-6-14-24)31(39)19-10-20-38-33(41)25-15-7-8-18-30(25)44(38,42)43/h1,3-4,7-9,11-12,15-18,24,29H,2,5-6,10,13-14,19-22H2,(H,36,40)/t29-/m0/s1. The quantitative estimate of drug-likeness (QED) is 0.273. The summed E-state index contributed by atoms with van der Waals surface area (Å²) in [6.07, 6.45) is 5.22. The number of amides is 3. The van der Waals surface area contributed by atoms with Crippen molar-refractivity contribution in [1.29, 1.82) is 0 Å². The van der Waals surface area contributed by atoms with Gasteiger partial charge in [0, 0.05) is 47.6 Å². The summed E-state index contributed by atoms with van der Waals surface area (Å²) in [6, 6.07) is 19.8. The van der Waals surface area contributed by atoms with Crippen LogP contribution < -0.4 is 5.32 Å². The summed E-state index contributed by atoms with van der Waals surface area (Å²) in [5, 5.41) is 3.92. The zero-order valence-corrected chi connectivity index (χ0v) is 26.6. The lowest BCUT2D eigenvalue weighted by atomic mass is 9.94. The van der Waals surface area contributed by atoms with E-state index in [1.54, 1.807) is 30.3 Å². The molecule has 0 spiro atoms. The van der Waals surface area contributed by atoms with Gasteiger partial charge >= 0.3 is 0 Å². The van der Waals surface area contributed by atoms with Crippen LogP contribution in [0.1, 0.15) is 66.4 Å². The summed E-state index contributed by atoms with van der Waals surface area (Å²) in [5.41, 5.74) is 1.52. The van der Waals surface area contributed by atoms with Crippen molar-refractivity contribution in [3.63, 3.8) is 0 Å². The summed E-state index contributed by atoms with van der Waals surface area (Å²) >= 11 is 13.1. The second-order valence-corrected chi connectivity index (χ2v) is 13.9. The van der Waals surface area contributed by atoms with E-state index < -0.39 is 22.0 Å². The van der Waals surface area contributed by atoms with Crippen molar-refractivity contribution in [3.05, 3.63) is 99.5 Å². The smallest absolute Gasteiger partial charge is 0.269 e. The van der Waals surface area contributed by atoms with E-state index in [0.29, 0.717) is 15.6 Å². The Morgan fingerprint density at radius 2 is 1.57 bits per heavy atom. The van der Waals surface area contributed by atoms with E-state index in [2.05, 4.69) is 5.32 Å². The molecule has 1 aliphatic heterocycles. The average Bonchev–Trinajstić information content (AvgIpc) is 3.21. The number of rotatable bonds is 11. The van der Waals surface area contributed by atoms with Crippen molar-refractivity contribution >= 4 is 50.9 Å². The van der Waals surface area contributed by atoms with Gasteiger partial charge in [-0.25, -0.2) is 12.7 Å². The lowest BCUT2D eigenvalue weighted by Gasteiger charge is -2.34. The number of carbonyl (C=O) groups excluding carboxylic acids is 3. The molecule has 3 aromatic rings. The van der Waals surface area contributed by atoms with E-state index in [9.17, 15) is 22.8 Å². The van der Waals surface area contributed by atoms with Gasteiger partial charge in [-0.15, -0.1) is 0 Å². The summed E-state index contributed by atoms with van der Waals surface area (Å²) in [6.45, 7) is -0.181. The number of fused-ring (bicyclic) bond motifs is 1. The molecule has 0 unspecified atom stereocenters. The molecule has 0 radical (unpaired) electrons. The molecule has 0 bridgehead atoms. The molecule has 3 amide bonds. The van der Waals surface area contributed by atoms with E-state index in [1.807, 2.05) is 30.3 Å². The maximum Gasteiger partial charge on any atom is 0.269 e. The highest BCUT2D eigenvalue weighted by Gasteiger charge is 2.40. The third-order valence-electron chi connectivity index (χ3n) is 8.28. The van der Waals surface area contributed by atoms with Gasteiger partial charge in [-0.1, -0.05) is 91.0 Å². The van der Waals surface area contributed by atoms with Crippen molar-refractivity contribution in [2.24, 2.45) is 0 Å². The monoisotopic (exact) mass is 655 g/mol. The number of nitrogens with zero attached hydrogens (tertiary/aromatic N) is 2. The molecule has 2 aliphatic rings. The third-order valence-corrected chi connectivity index (χ3v) is 10.8. The number of benzene rings is 3.